The predicted molar refractivity (Wildman–Crippen MR) is 123 cm³/mol. The van der Waals surface area contributed by atoms with Crippen LogP contribution in [0.15, 0.2) is 60.7 Å². The maximum Gasteiger partial charge on any atom is 0.255 e. The van der Waals surface area contributed by atoms with Crippen LogP contribution < -0.4 is 9.62 Å². The first-order valence-corrected chi connectivity index (χ1v) is 11.8. The van der Waals surface area contributed by atoms with Gasteiger partial charge in [0.15, 0.2) is 0 Å². The van der Waals surface area contributed by atoms with Crippen LogP contribution in [0.5, 0.6) is 0 Å². The molecule has 2 aromatic carbocycles. The van der Waals surface area contributed by atoms with Crippen molar-refractivity contribution < 1.29 is 13.2 Å². The molecular weight excluding hydrogens is 434 g/mol. The normalized spacial score (nSPS) is 16.0. The van der Waals surface area contributed by atoms with Crippen LogP contribution in [0, 0.1) is 0 Å². The zero-order valence-corrected chi connectivity index (χ0v) is 17.9. The molecule has 0 radical (unpaired) electrons. The Labute approximate surface area is 185 Å². The third kappa shape index (κ3) is 3.71. The van der Waals surface area contributed by atoms with Crippen LogP contribution in [-0.2, 0) is 16.4 Å². The fraction of sp³-hybridized carbons (Fsp3) is 0.130. The first-order chi connectivity index (χ1) is 14.9. The zero-order chi connectivity index (χ0) is 21.6. The lowest BCUT2D eigenvalue weighted by molar-refractivity contribution is 0.102. The first kappa shape index (κ1) is 19.8. The Morgan fingerprint density at radius 1 is 1.06 bits per heavy atom. The topological polar surface area (TPSA) is 79.4 Å². The van der Waals surface area contributed by atoms with Gasteiger partial charge in [-0.25, -0.2) is 8.42 Å². The van der Waals surface area contributed by atoms with Gasteiger partial charge >= 0.3 is 0 Å². The Bertz CT molecular complexity index is 1330. The summed E-state index contributed by atoms with van der Waals surface area (Å²) in [6.45, 7) is 0.466. The second kappa shape index (κ2) is 7.51. The highest BCUT2D eigenvalue weighted by molar-refractivity contribution is 7.94. The maximum atomic E-state index is 12.7. The van der Waals surface area contributed by atoms with Crippen molar-refractivity contribution in [2.75, 3.05) is 21.9 Å². The Kier molecular flexibility index (Phi) is 4.79. The smallest absolute Gasteiger partial charge is 0.255 e. The van der Waals surface area contributed by atoms with E-state index in [9.17, 15) is 13.2 Å². The number of halogens is 1. The first-order valence-electron chi connectivity index (χ1n) is 9.79. The third-order valence-corrected chi connectivity index (χ3v) is 7.52. The molecule has 31 heavy (non-hydrogen) atoms. The van der Waals surface area contributed by atoms with Gasteiger partial charge in [-0.15, -0.1) is 0 Å². The Balaban J connectivity index is 1.35. The lowest BCUT2D eigenvalue weighted by Crippen LogP contribution is -2.47. The molecule has 1 aliphatic carbocycles. The summed E-state index contributed by atoms with van der Waals surface area (Å²) >= 11 is 6.40. The summed E-state index contributed by atoms with van der Waals surface area (Å²) < 4.78 is 24.8. The standard InChI is InChI=1S/C23H18ClN3O3S/c24-20-10-7-17(14-19(20)22-11-6-15-2-1-3-21(15)26-22)25-23(28)16-4-8-18(9-5-16)27-12-13-31(27,29)30/h1-2,4-11,14H,3,12-13H2,(H,25,28). The van der Waals surface area contributed by atoms with Crippen molar-refractivity contribution in [2.24, 2.45) is 0 Å². The minimum Gasteiger partial charge on any atom is -0.322 e. The van der Waals surface area contributed by atoms with Crippen molar-refractivity contribution in [1.29, 1.82) is 0 Å². The predicted octanol–water partition coefficient (Wildman–Crippen LogP) is 4.37. The average molecular weight is 452 g/mol. The van der Waals surface area contributed by atoms with Gasteiger partial charge in [0, 0.05) is 29.8 Å². The minimum atomic E-state index is -3.19. The number of hydrogen-bond acceptors (Lipinski definition) is 4. The fourth-order valence-corrected chi connectivity index (χ4v) is 5.00. The van der Waals surface area contributed by atoms with Gasteiger partial charge in [-0.05, 0) is 54.1 Å². The number of sulfonamides is 1. The van der Waals surface area contributed by atoms with E-state index in [-0.39, 0.29) is 11.7 Å². The van der Waals surface area contributed by atoms with Gasteiger partial charge in [0.2, 0.25) is 10.0 Å². The van der Waals surface area contributed by atoms with E-state index >= 15 is 0 Å². The van der Waals surface area contributed by atoms with Crippen LogP contribution in [0.3, 0.4) is 0 Å². The largest absolute Gasteiger partial charge is 0.322 e. The number of anilines is 2. The number of pyridine rings is 1. The fourth-order valence-electron chi connectivity index (χ4n) is 3.68. The number of amides is 1. The van der Waals surface area contributed by atoms with Crippen molar-refractivity contribution in [3.63, 3.8) is 0 Å². The lowest BCUT2D eigenvalue weighted by atomic mass is 10.1. The van der Waals surface area contributed by atoms with Crippen molar-refractivity contribution >= 4 is 45.0 Å². The van der Waals surface area contributed by atoms with E-state index < -0.39 is 10.0 Å². The molecule has 2 heterocycles. The summed E-state index contributed by atoms with van der Waals surface area (Å²) in [4.78, 5) is 17.4. The van der Waals surface area contributed by atoms with Gasteiger partial charge in [0.05, 0.1) is 27.9 Å². The molecule has 1 fully saturated rings. The number of allylic oxidation sites excluding steroid dienone is 1. The number of nitrogens with one attached hydrogen (secondary N) is 1. The number of aromatic nitrogens is 1. The van der Waals surface area contributed by atoms with Crippen LogP contribution >= 0.6 is 11.6 Å². The SMILES string of the molecule is O=C(Nc1ccc(Cl)c(-c2ccc3c(n2)CC=C3)c1)c1ccc(N2CCS2(=O)=O)cc1. The van der Waals surface area contributed by atoms with Crippen molar-refractivity contribution in [3.8, 4) is 11.3 Å². The van der Waals surface area contributed by atoms with Crippen LogP contribution in [0.25, 0.3) is 17.3 Å². The van der Waals surface area contributed by atoms with Gasteiger partial charge in [-0.3, -0.25) is 14.1 Å². The molecule has 0 spiro atoms. The molecule has 5 rings (SSSR count). The molecule has 1 N–H and O–H groups in total. The summed E-state index contributed by atoms with van der Waals surface area (Å²) in [5.74, 6) is -0.138. The van der Waals surface area contributed by atoms with Gasteiger partial charge in [-0.2, -0.15) is 0 Å². The summed E-state index contributed by atoms with van der Waals surface area (Å²) in [6.07, 6.45) is 4.92. The summed E-state index contributed by atoms with van der Waals surface area (Å²) in [5, 5.41) is 3.42. The van der Waals surface area contributed by atoms with E-state index in [1.165, 1.54) is 4.31 Å². The van der Waals surface area contributed by atoms with E-state index in [1.807, 2.05) is 18.2 Å². The summed E-state index contributed by atoms with van der Waals surface area (Å²) in [5.41, 5.74) is 5.20. The highest BCUT2D eigenvalue weighted by atomic mass is 35.5. The molecule has 156 valence electrons. The molecule has 6 nitrogen and oxygen atoms in total. The molecule has 0 atom stereocenters. The van der Waals surface area contributed by atoms with E-state index in [2.05, 4.69) is 11.4 Å². The molecule has 1 amide bonds. The van der Waals surface area contributed by atoms with Crippen molar-refractivity contribution in [2.45, 2.75) is 6.42 Å². The second-order valence-corrected chi connectivity index (χ2v) is 9.84. The molecule has 1 saturated heterocycles. The van der Waals surface area contributed by atoms with Crippen LogP contribution in [0.1, 0.15) is 21.6 Å². The zero-order valence-electron chi connectivity index (χ0n) is 16.4. The second-order valence-electron chi connectivity index (χ2n) is 7.42. The summed E-state index contributed by atoms with van der Waals surface area (Å²) in [7, 11) is -3.19. The quantitative estimate of drug-likeness (QED) is 0.638. The van der Waals surface area contributed by atoms with Crippen LogP contribution in [0.4, 0.5) is 11.4 Å². The van der Waals surface area contributed by atoms with Crippen LogP contribution in [-0.4, -0.2) is 31.6 Å². The molecule has 0 bridgehead atoms. The van der Waals surface area contributed by atoms with Gasteiger partial charge in [0.1, 0.15) is 0 Å². The van der Waals surface area contributed by atoms with Gasteiger partial charge in [-0.1, -0.05) is 29.8 Å². The lowest BCUT2D eigenvalue weighted by Gasteiger charge is -2.32. The Morgan fingerprint density at radius 2 is 1.87 bits per heavy atom. The van der Waals surface area contributed by atoms with E-state index in [0.717, 1.165) is 28.9 Å². The molecular formula is C23H18ClN3O3S. The van der Waals surface area contributed by atoms with E-state index in [1.54, 1.807) is 42.5 Å². The number of benzene rings is 2. The number of fused-ring (bicyclic) bond motifs is 1. The monoisotopic (exact) mass is 451 g/mol. The van der Waals surface area contributed by atoms with E-state index in [4.69, 9.17) is 16.6 Å². The Hall–Kier alpha value is -3.16. The molecule has 1 aromatic heterocycles. The van der Waals surface area contributed by atoms with Crippen molar-refractivity contribution in [1.82, 2.24) is 4.98 Å². The van der Waals surface area contributed by atoms with Crippen molar-refractivity contribution in [3.05, 3.63) is 82.5 Å². The molecule has 1 aliphatic heterocycles. The highest BCUT2D eigenvalue weighted by Gasteiger charge is 2.32. The maximum absolute atomic E-state index is 12.7. The molecule has 0 saturated carbocycles. The minimum absolute atomic E-state index is 0.156. The number of rotatable bonds is 4. The Morgan fingerprint density at radius 3 is 2.58 bits per heavy atom. The molecule has 8 heteroatoms. The number of carbonyl (C=O) groups excluding carboxylic acids is 1. The van der Waals surface area contributed by atoms with Gasteiger partial charge in [0.25, 0.3) is 5.91 Å². The number of hydrogen-bond donors (Lipinski definition) is 1. The number of nitrogens with zero attached hydrogens (tertiary/aromatic N) is 2. The van der Waals surface area contributed by atoms with Crippen LogP contribution in [0.2, 0.25) is 5.02 Å². The van der Waals surface area contributed by atoms with E-state index in [0.29, 0.717) is 28.5 Å². The van der Waals surface area contributed by atoms with Gasteiger partial charge < -0.3 is 5.32 Å². The number of carbonyl (C=O) groups is 1. The molecule has 0 unspecified atom stereocenters. The summed E-state index contributed by atoms with van der Waals surface area (Å²) in [6, 6.07) is 15.7. The molecule has 2 aliphatic rings. The third-order valence-electron chi connectivity index (χ3n) is 5.42. The highest BCUT2D eigenvalue weighted by Crippen LogP contribution is 2.32. The molecule has 3 aromatic rings. The average Bonchev–Trinajstić information content (AvgIpc) is 3.23.